The molecule has 0 radical (unpaired) electrons. The highest BCUT2D eigenvalue weighted by molar-refractivity contribution is 6.04. The Morgan fingerprint density at radius 1 is 1.08 bits per heavy atom. The average Bonchev–Trinajstić information content (AvgIpc) is 2.63. The third-order valence-corrected chi connectivity index (χ3v) is 3.73. The fourth-order valence-electron chi connectivity index (χ4n) is 2.32. The second-order valence-electron chi connectivity index (χ2n) is 5.25. The van der Waals surface area contributed by atoms with Gasteiger partial charge in [0.15, 0.2) is 0 Å². The fraction of sp³-hybridized carbons (Fsp3) is 0.278. The Morgan fingerprint density at radius 3 is 2.33 bits per heavy atom. The lowest BCUT2D eigenvalue weighted by Crippen LogP contribution is -2.30. The standard InChI is InChI=1S/C18H22N4O2/c1-3-22(4-2)18(24)13-5-7-15(8-6-13)21-17(23)14-9-10-20-16(11-14)12-19/h5-11H,3-4,12,19H2,1-2H3,(H,21,23). The van der Waals surface area contributed by atoms with E-state index >= 15 is 0 Å². The van der Waals surface area contributed by atoms with Gasteiger partial charge in [0.1, 0.15) is 0 Å². The first kappa shape index (κ1) is 17.6. The van der Waals surface area contributed by atoms with Gasteiger partial charge in [-0.2, -0.15) is 0 Å². The lowest BCUT2D eigenvalue weighted by Gasteiger charge is -2.18. The van der Waals surface area contributed by atoms with Gasteiger partial charge in [-0.25, -0.2) is 0 Å². The van der Waals surface area contributed by atoms with E-state index in [1.807, 2.05) is 13.8 Å². The molecule has 0 saturated heterocycles. The molecular formula is C18H22N4O2. The van der Waals surface area contributed by atoms with Crippen LogP contribution >= 0.6 is 0 Å². The minimum absolute atomic E-state index is 0.0143. The van der Waals surface area contributed by atoms with E-state index in [1.165, 1.54) is 0 Å². The molecule has 0 saturated carbocycles. The van der Waals surface area contributed by atoms with Crippen LogP contribution < -0.4 is 11.1 Å². The summed E-state index contributed by atoms with van der Waals surface area (Å²) in [5, 5.41) is 2.80. The number of carbonyl (C=O) groups excluding carboxylic acids is 2. The zero-order valence-corrected chi connectivity index (χ0v) is 14.0. The Bertz CT molecular complexity index is 709. The Hall–Kier alpha value is -2.73. The van der Waals surface area contributed by atoms with Crippen molar-refractivity contribution in [1.29, 1.82) is 0 Å². The van der Waals surface area contributed by atoms with Gasteiger partial charge < -0.3 is 16.0 Å². The van der Waals surface area contributed by atoms with Crippen molar-refractivity contribution in [2.24, 2.45) is 5.73 Å². The highest BCUT2D eigenvalue weighted by Gasteiger charge is 2.12. The molecule has 0 fully saturated rings. The predicted molar refractivity (Wildman–Crippen MR) is 93.8 cm³/mol. The number of rotatable bonds is 6. The summed E-state index contributed by atoms with van der Waals surface area (Å²) in [7, 11) is 0. The summed E-state index contributed by atoms with van der Waals surface area (Å²) in [5.41, 5.74) is 7.91. The molecule has 6 nitrogen and oxygen atoms in total. The first-order chi connectivity index (χ1) is 11.6. The van der Waals surface area contributed by atoms with Gasteiger partial charge >= 0.3 is 0 Å². The Balaban J connectivity index is 2.08. The molecule has 6 heteroatoms. The molecule has 0 unspecified atom stereocenters. The van der Waals surface area contributed by atoms with Gasteiger partial charge in [0.25, 0.3) is 11.8 Å². The van der Waals surface area contributed by atoms with Crippen LogP contribution in [0.4, 0.5) is 5.69 Å². The molecule has 0 bridgehead atoms. The molecule has 24 heavy (non-hydrogen) atoms. The third-order valence-electron chi connectivity index (χ3n) is 3.73. The third kappa shape index (κ3) is 4.17. The molecular weight excluding hydrogens is 304 g/mol. The highest BCUT2D eigenvalue weighted by atomic mass is 16.2. The van der Waals surface area contributed by atoms with Gasteiger partial charge in [-0.3, -0.25) is 14.6 Å². The maximum atomic E-state index is 12.3. The number of anilines is 1. The number of nitrogens with zero attached hydrogens (tertiary/aromatic N) is 2. The monoisotopic (exact) mass is 326 g/mol. The summed E-state index contributed by atoms with van der Waals surface area (Å²) < 4.78 is 0. The molecule has 2 aromatic rings. The van der Waals surface area contributed by atoms with E-state index in [2.05, 4.69) is 10.3 Å². The topological polar surface area (TPSA) is 88.3 Å². The first-order valence-electron chi connectivity index (χ1n) is 7.94. The number of hydrogen-bond acceptors (Lipinski definition) is 4. The van der Waals surface area contributed by atoms with Crippen LogP contribution in [0.1, 0.15) is 40.3 Å². The van der Waals surface area contributed by atoms with Crippen molar-refractivity contribution in [1.82, 2.24) is 9.88 Å². The van der Waals surface area contributed by atoms with Crippen LogP contribution in [0.2, 0.25) is 0 Å². The molecule has 0 aliphatic heterocycles. The number of nitrogens with one attached hydrogen (secondary N) is 1. The van der Waals surface area contributed by atoms with E-state index < -0.39 is 0 Å². The summed E-state index contributed by atoms with van der Waals surface area (Å²) in [5.74, 6) is -0.255. The number of pyridine rings is 1. The normalized spacial score (nSPS) is 10.3. The zero-order chi connectivity index (χ0) is 17.5. The van der Waals surface area contributed by atoms with Crippen molar-refractivity contribution in [3.63, 3.8) is 0 Å². The van der Waals surface area contributed by atoms with Gasteiger partial charge in [0.05, 0.1) is 5.69 Å². The van der Waals surface area contributed by atoms with E-state index in [4.69, 9.17) is 5.73 Å². The van der Waals surface area contributed by atoms with E-state index in [-0.39, 0.29) is 18.4 Å². The maximum Gasteiger partial charge on any atom is 0.255 e. The van der Waals surface area contributed by atoms with Crippen LogP contribution in [0.5, 0.6) is 0 Å². The van der Waals surface area contributed by atoms with Crippen LogP contribution in [0.3, 0.4) is 0 Å². The van der Waals surface area contributed by atoms with Crippen LogP contribution in [-0.4, -0.2) is 34.8 Å². The fourth-order valence-corrected chi connectivity index (χ4v) is 2.32. The first-order valence-corrected chi connectivity index (χ1v) is 7.94. The van der Waals surface area contributed by atoms with Crippen LogP contribution in [0.25, 0.3) is 0 Å². The Labute approximate surface area is 141 Å². The molecule has 1 aromatic carbocycles. The minimum atomic E-state index is -0.241. The van der Waals surface area contributed by atoms with E-state index in [0.29, 0.717) is 35.6 Å². The van der Waals surface area contributed by atoms with Crippen molar-refractivity contribution >= 4 is 17.5 Å². The largest absolute Gasteiger partial charge is 0.339 e. The van der Waals surface area contributed by atoms with Gasteiger partial charge in [-0.05, 0) is 50.2 Å². The molecule has 2 amide bonds. The molecule has 1 aromatic heterocycles. The van der Waals surface area contributed by atoms with E-state index in [1.54, 1.807) is 47.5 Å². The highest BCUT2D eigenvalue weighted by Crippen LogP contribution is 2.13. The molecule has 0 spiro atoms. The summed E-state index contributed by atoms with van der Waals surface area (Å²) in [6.45, 7) is 5.50. The summed E-state index contributed by atoms with van der Waals surface area (Å²) in [6.07, 6.45) is 1.56. The molecule has 0 aliphatic rings. The van der Waals surface area contributed by atoms with Crippen molar-refractivity contribution in [2.75, 3.05) is 18.4 Å². The quantitative estimate of drug-likeness (QED) is 0.852. The number of benzene rings is 1. The van der Waals surface area contributed by atoms with Crippen LogP contribution in [0, 0.1) is 0 Å². The van der Waals surface area contributed by atoms with E-state index in [0.717, 1.165) is 0 Å². The van der Waals surface area contributed by atoms with Gasteiger partial charge in [0.2, 0.25) is 0 Å². The lowest BCUT2D eigenvalue weighted by atomic mass is 10.1. The van der Waals surface area contributed by atoms with Crippen LogP contribution in [0.15, 0.2) is 42.6 Å². The maximum absolute atomic E-state index is 12.3. The summed E-state index contributed by atoms with van der Waals surface area (Å²) in [4.78, 5) is 30.3. The Kier molecular flexibility index (Phi) is 6.03. The number of nitrogens with two attached hydrogens (primary N) is 1. The van der Waals surface area contributed by atoms with Crippen molar-refractivity contribution < 1.29 is 9.59 Å². The van der Waals surface area contributed by atoms with Crippen molar-refractivity contribution in [3.8, 4) is 0 Å². The summed E-state index contributed by atoms with van der Waals surface area (Å²) in [6, 6.07) is 10.2. The average molecular weight is 326 g/mol. The van der Waals surface area contributed by atoms with E-state index in [9.17, 15) is 9.59 Å². The molecule has 126 valence electrons. The second-order valence-corrected chi connectivity index (χ2v) is 5.25. The van der Waals surface area contributed by atoms with Gasteiger partial charge in [-0.15, -0.1) is 0 Å². The molecule has 0 aliphatic carbocycles. The van der Waals surface area contributed by atoms with Gasteiger partial charge in [-0.1, -0.05) is 0 Å². The second kappa shape index (κ2) is 8.21. The molecule has 0 atom stereocenters. The van der Waals surface area contributed by atoms with Crippen molar-refractivity contribution in [2.45, 2.75) is 20.4 Å². The number of carbonyl (C=O) groups is 2. The van der Waals surface area contributed by atoms with Crippen molar-refractivity contribution in [3.05, 3.63) is 59.4 Å². The smallest absolute Gasteiger partial charge is 0.255 e. The zero-order valence-electron chi connectivity index (χ0n) is 14.0. The molecule has 2 rings (SSSR count). The minimum Gasteiger partial charge on any atom is -0.339 e. The predicted octanol–water partition coefficient (Wildman–Crippen LogP) is 2.27. The SMILES string of the molecule is CCN(CC)C(=O)c1ccc(NC(=O)c2ccnc(CN)c2)cc1. The molecule has 1 heterocycles. The number of aromatic nitrogens is 1. The summed E-state index contributed by atoms with van der Waals surface area (Å²) >= 11 is 0. The Morgan fingerprint density at radius 2 is 1.75 bits per heavy atom. The lowest BCUT2D eigenvalue weighted by molar-refractivity contribution is 0.0773. The number of hydrogen-bond donors (Lipinski definition) is 2. The molecule has 3 N–H and O–H groups in total. The number of amides is 2. The van der Waals surface area contributed by atoms with Gasteiger partial charge in [0, 0.05) is 42.6 Å². The van der Waals surface area contributed by atoms with Crippen LogP contribution in [-0.2, 0) is 6.54 Å².